The highest BCUT2D eigenvalue weighted by Crippen LogP contribution is 2.10. The highest BCUT2D eigenvalue weighted by atomic mass is 35.5. The SMILES string of the molecule is CCOCCCNC(=O)c1cccc(NC(=O)[C@H](C)N)c1.Cl. The van der Waals surface area contributed by atoms with Gasteiger partial charge in [0.15, 0.2) is 0 Å². The first kappa shape index (κ1) is 20.4. The van der Waals surface area contributed by atoms with E-state index in [4.69, 9.17) is 10.5 Å². The molecule has 0 saturated carbocycles. The number of amides is 2. The van der Waals surface area contributed by atoms with Crippen LogP contribution in [-0.4, -0.2) is 37.6 Å². The van der Waals surface area contributed by atoms with E-state index in [9.17, 15) is 9.59 Å². The second-order valence-corrected chi connectivity index (χ2v) is 4.67. The molecule has 1 aromatic carbocycles. The average molecular weight is 330 g/mol. The number of nitrogens with one attached hydrogen (secondary N) is 2. The first-order chi connectivity index (χ1) is 10.0. The van der Waals surface area contributed by atoms with Crippen LogP contribution in [0.15, 0.2) is 24.3 Å². The first-order valence-electron chi connectivity index (χ1n) is 7.07. The third-order valence-electron chi connectivity index (χ3n) is 2.76. The molecular weight excluding hydrogens is 306 g/mol. The van der Waals surface area contributed by atoms with Crippen LogP contribution in [0.3, 0.4) is 0 Å². The molecule has 1 rings (SSSR count). The van der Waals surface area contributed by atoms with Crippen LogP contribution in [0.1, 0.15) is 30.6 Å². The topological polar surface area (TPSA) is 93.5 Å². The summed E-state index contributed by atoms with van der Waals surface area (Å²) in [4.78, 5) is 23.5. The average Bonchev–Trinajstić information content (AvgIpc) is 2.47. The van der Waals surface area contributed by atoms with Crippen molar-refractivity contribution in [3.63, 3.8) is 0 Å². The Morgan fingerprint density at radius 1 is 1.36 bits per heavy atom. The van der Waals surface area contributed by atoms with E-state index in [1.807, 2.05) is 6.92 Å². The number of anilines is 1. The Kier molecular flexibility index (Phi) is 10.2. The van der Waals surface area contributed by atoms with E-state index in [0.717, 1.165) is 6.42 Å². The van der Waals surface area contributed by atoms with Gasteiger partial charge in [0.2, 0.25) is 5.91 Å². The molecule has 4 N–H and O–H groups in total. The van der Waals surface area contributed by atoms with Gasteiger partial charge in [-0.1, -0.05) is 6.07 Å². The molecule has 0 aliphatic heterocycles. The second-order valence-electron chi connectivity index (χ2n) is 4.67. The lowest BCUT2D eigenvalue weighted by molar-refractivity contribution is -0.117. The van der Waals surface area contributed by atoms with Crippen LogP contribution in [0, 0.1) is 0 Å². The molecule has 124 valence electrons. The zero-order chi connectivity index (χ0) is 15.7. The van der Waals surface area contributed by atoms with Crippen LogP contribution in [0.25, 0.3) is 0 Å². The van der Waals surface area contributed by atoms with E-state index in [1.165, 1.54) is 0 Å². The van der Waals surface area contributed by atoms with Gasteiger partial charge in [0.25, 0.3) is 5.91 Å². The van der Waals surface area contributed by atoms with Crippen molar-refractivity contribution in [2.75, 3.05) is 25.1 Å². The van der Waals surface area contributed by atoms with E-state index >= 15 is 0 Å². The molecule has 1 atom stereocenters. The Morgan fingerprint density at radius 2 is 2.09 bits per heavy atom. The highest BCUT2D eigenvalue weighted by Gasteiger charge is 2.09. The largest absolute Gasteiger partial charge is 0.382 e. The molecule has 0 saturated heterocycles. The van der Waals surface area contributed by atoms with E-state index in [2.05, 4.69) is 10.6 Å². The standard InChI is InChI=1S/C15H23N3O3.ClH/c1-3-21-9-5-8-17-15(20)12-6-4-7-13(10-12)18-14(19)11(2)16;/h4,6-7,10-11H,3,5,8-9,16H2,1-2H3,(H,17,20)(H,18,19);1H/t11-;/m0./s1. The van der Waals surface area contributed by atoms with Crippen LogP contribution < -0.4 is 16.4 Å². The van der Waals surface area contributed by atoms with Gasteiger partial charge in [-0.15, -0.1) is 12.4 Å². The third kappa shape index (κ3) is 7.40. The lowest BCUT2D eigenvalue weighted by Gasteiger charge is -2.10. The molecule has 6 nitrogen and oxygen atoms in total. The van der Waals surface area contributed by atoms with Crippen molar-refractivity contribution in [1.29, 1.82) is 0 Å². The number of ether oxygens (including phenoxy) is 1. The highest BCUT2D eigenvalue weighted by molar-refractivity contribution is 5.98. The van der Waals surface area contributed by atoms with Crippen molar-refractivity contribution >= 4 is 29.9 Å². The van der Waals surface area contributed by atoms with Crippen LogP contribution in [-0.2, 0) is 9.53 Å². The molecule has 1 aromatic rings. The zero-order valence-corrected chi connectivity index (χ0v) is 13.7. The lowest BCUT2D eigenvalue weighted by Crippen LogP contribution is -2.32. The summed E-state index contributed by atoms with van der Waals surface area (Å²) in [6.07, 6.45) is 0.765. The smallest absolute Gasteiger partial charge is 0.251 e. The number of hydrogen-bond acceptors (Lipinski definition) is 4. The summed E-state index contributed by atoms with van der Waals surface area (Å²) < 4.78 is 5.20. The van der Waals surface area contributed by atoms with Crippen molar-refractivity contribution in [1.82, 2.24) is 5.32 Å². The van der Waals surface area contributed by atoms with Gasteiger partial charge < -0.3 is 21.1 Å². The minimum atomic E-state index is -0.596. The summed E-state index contributed by atoms with van der Waals surface area (Å²) >= 11 is 0. The van der Waals surface area contributed by atoms with Crippen molar-refractivity contribution < 1.29 is 14.3 Å². The summed E-state index contributed by atoms with van der Waals surface area (Å²) in [6, 6.07) is 6.15. The Hall–Kier alpha value is -1.63. The fourth-order valence-corrected chi connectivity index (χ4v) is 1.62. The normalized spacial score (nSPS) is 11.2. The van der Waals surface area contributed by atoms with Crippen LogP contribution in [0.2, 0.25) is 0 Å². The number of nitrogens with two attached hydrogens (primary N) is 1. The van der Waals surface area contributed by atoms with Gasteiger partial charge in [0.1, 0.15) is 0 Å². The van der Waals surface area contributed by atoms with Gasteiger partial charge in [-0.05, 0) is 38.5 Å². The predicted octanol–water partition coefficient (Wildman–Crippen LogP) is 1.55. The molecule has 0 spiro atoms. The lowest BCUT2D eigenvalue weighted by atomic mass is 10.2. The minimum absolute atomic E-state index is 0. The number of carbonyl (C=O) groups excluding carboxylic acids is 2. The predicted molar refractivity (Wildman–Crippen MR) is 89.4 cm³/mol. The molecule has 0 aromatic heterocycles. The van der Waals surface area contributed by atoms with Crippen molar-refractivity contribution in [2.24, 2.45) is 5.73 Å². The van der Waals surface area contributed by atoms with Gasteiger partial charge in [-0.2, -0.15) is 0 Å². The number of halogens is 1. The minimum Gasteiger partial charge on any atom is -0.382 e. The van der Waals surface area contributed by atoms with Gasteiger partial charge in [0.05, 0.1) is 6.04 Å². The molecule has 0 aliphatic carbocycles. The van der Waals surface area contributed by atoms with Crippen LogP contribution >= 0.6 is 12.4 Å². The van der Waals surface area contributed by atoms with Gasteiger partial charge in [0, 0.05) is 31.0 Å². The Balaban J connectivity index is 0.00000441. The van der Waals surface area contributed by atoms with Gasteiger partial charge >= 0.3 is 0 Å². The summed E-state index contributed by atoms with van der Waals surface area (Å²) in [6.45, 7) is 5.39. The molecule has 0 fully saturated rings. The maximum absolute atomic E-state index is 12.0. The van der Waals surface area contributed by atoms with Crippen molar-refractivity contribution in [3.8, 4) is 0 Å². The number of rotatable bonds is 8. The molecule has 0 bridgehead atoms. The molecule has 7 heteroatoms. The Morgan fingerprint density at radius 3 is 2.73 bits per heavy atom. The maximum atomic E-state index is 12.0. The summed E-state index contributed by atoms with van der Waals surface area (Å²) in [5.41, 5.74) is 6.53. The second kappa shape index (κ2) is 11.0. The Labute approximate surface area is 137 Å². The van der Waals surface area contributed by atoms with Crippen LogP contribution in [0.4, 0.5) is 5.69 Å². The molecule has 22 heavy (non-hydrogen) atoms. The number of hydrogen-bond donors (Lipinski definition) is 3. The first-order valence-corrected chi connectivity index (χ1v) is 7.07. The number of benzene rings is 1. The molecule has 2 amide bonds. The maximum Gasteiger partial charge on any atom is 0.251 e. The molecule has 0 radical (unpaired) electrons. The van der Waals surface area contributed by atoms with E-state index < -0.39 is 6.04 Å². The fourth-order valence-electron chi connectivity index (χ4n) is 1.62. The van der Waals surface area contributed by atoms with Crippen molar-refractivity contribution in [3.05, 3.63) is 29.8 Å². The van der Waals surface area contributed by atoms with Crippen LogP contribution in [0.5, 0.6) is 0 Å². The summed E-state index contributed by atoms with van der Waals surface area (Å²) in [5, 5.41) is 5.46. The zero-order valence-electron chi connectivity index (χ0n) is 12.9. The summed E-state index contributed by atoms with van der Waals surface area (Å²) in [5.74, 6) is -0.465. The van der Waals surface area contributed by atoms with Gasteiger partial charge in [-0.3, -0.25) is 9.59 Å². The number of carbonyl (C=O) groups is 2. The monoisotopic (exact) mass is 329 g/mol. The van der Waals surface area contributed by atoms with E-state index in [-0.39, 0.29) is 24.2 Å². The summed E-state index contributed by atoms with van der Waals surface area (Å²) in [7, 11) is 0. The van der Waals surface area contributed by atoms with E-state index in [0.29, 0.717) is 31.0 Å². The molecule has 0 heterocycles. The molecule has 0 unspecified atom stereocenters. The molecule has 0 aliphatic rings. The quantitative estimate of drug-likeness (QED) is 0.631. The fraction of sp³-hybridized carbons (Fsp3) is 0.467. The third-order valence-corrected chi connectivity index (χ3v) is 2.76. The van der Waals surface area contributed by atoms with Crippen molar-refractivity contribution in [2.45, 2.75) is 26.3 Å². The van der Waals surface area contributed by atoms with E-state index in [1.54, 1.807) is 31.2 Å². The Bertz CT molecular complexity index is 481. The molecular formula is C15H24ClN3O3. The van der Waals surface area contributed by atoms with Gasteiger partial charge in [-0.25, -0.2) is 0 Å².